The first-order chi connectivity index (χ1) is 18.0. The lowest BCUT2D eigenvalue weighted by Crippen LogP contribution is -2.49. The maximum absolute atomic E-state index is 13.5. The third-order valence-electron chi connectivity index (χ3n) is 5.92. The Bertz CT molecular complexity index is 1160. The number of anilines is 1. The summed E-state index contributed by atoms with van der Waals surface area (Å²) in [4.78, 5) is 28.1. The van der Waals surface area contributed by atoms with Crippen molar-refractivity contribution >= 4 is 39.1 Å². The molecule has 210 valence electrons. The predicted molar refractivity (Wildman–Crippen MR) is 153 cm³/mol. The van der Waals surface area contributed by atoms with E-state index in [0.29, 0.717) is 36.0 Å². The van der Waals surface area contributed by atoms with Crippen molar-refractivity contribution in [3.63, 3.8) is 0 Å². The molecule has 0 fully saturated rings. The number of hydrogen-bond acceptors (Lipinski definition) is 5. The molecule has 0 aliphatic carbocycles. The van der Waals surface area contributed by atoms with Gasteiger partial charge in [-0.25, -0.2) is 8.42 Å². The molecule has 0 aliphatic rings. The molecule has 2 amide bonds. The summed E-state index contributed by atoms with van der Waals surface area (Å²) in [5.41, 5.74) is 1.28. The van der Waals surface area contributed by atoms with Gasteiger partial charge in [-0.15, -0.1) is 0 Å². The Balaban J connectivity index is 2.24. The van der Waals surface area contributed by atoms with Gasteiger partial charge in [-0.3, -0.25) is 13.9 Å². The number of carbonyl (C=O) groups is 2. The number of amides is 2. The molecule has 2 aromatic carbocycles. The summed E-state index contributed by atoms with van der Waals surface area (Å²) in [7, 11) is -3.63. The van der Waals surface area contributed by atoms with Gasteiger partial charge >= 0.3 is 0 Å². The van der Waals surface area contributed by atoms with Crippen LogP contribution in [0.4, 0.5) is 5.69 Å². The van der Waals surface area contributed by atoms with E-state index in [4.69, 9.17) is 16.3 Å². The molecule has 0 saturated carbocycles. The van der Waals surface area contributed by atoms with E-state index in [9.17, 15) is 18.0 Å². The van der Waals surface area contributed by atoms with Crippen LogP contribution in [-0.4, -0.2) is 57.1 Å². The average molecular weight is 566 g/mol. The van der Waals surface area contributed by atoms with Crippen LogP contribution in [0.2, 0.25) is 5.02 Å². The van der Waals surface area contributed by atoms with Crippen LogP contribution >= 0.6 is 11.6 Å². The topological polar surface area (TPSA) is 96.0 Å². The average Bonchev–Trinajstić information content (AvgIpc) is 2.86. The molecular weight excluding hydrogens is 526 g/mol. The highest BCUT2D eigenvalue weighted by Gasteiger charge is 2.29. The van der Waals surface area contributed by atoms with Crippen molar-refractivity contribution in [3.8, 4) is 5.75 Å². The van der Waals surface area contributed by atoms with E-state index in [-0.39, 0.29) is 43.7 Å². The molecule has 0 bridgehead atoms. The predicted octanol–water partition coefficient (Wildman–Crippen LogP) is 4.86. The summed E-state index contributed by atoms with van der Waals surface area (Å²) < 4.78 is 32.2. The summed E-state index contributed by atoms with van der Waals surface area (Å²) >= 11 is 6.03. The SMILES string of the molecule is CCOc1ccccc1N(CCCC(=O)N(Cc1ccc(Cl)cc1)[C@@H](CC)C(=O)NCC(C)C)S(C)(=O)=O. The zero-order chi connectivity index (χ0) is 28.3. The molecule has 1 atom stereocenters. The lowest BCUT2D eigenvalue weighted by Gasteiger charge is -2.31. The number of hydrogen-bond donors (Lipinski definition) is 1. The highest BCUT2D eigenvalue weighted by atomic mass is 35.5. The fourth-order valence-corrected chi connectivity index (χ4v) is 5.15. The van der Waals surface area contributed by atoms with Gasteiger partial charge in [-0.2, -0.15) is 0 Å². The van der Waals surface area contributed by atoms with Crippen molar-refractivity contribution in [1.82, 2.24) is 10.2 Å². The molecule has 8 nitrogen and oxygen atoms in total. The van der Waals surface area contributed by atoms with Crippen molar-refractivity contribution in [2.24, 2.45) is 5.92 Å². The molecule has 0 unspecified atom stereocenters. The van der Waals surface area contributed by atoms with E-state index >= 15 is 0 Å². The van der Waals surface area contributed by atoms with Crippen LogP contribution in [0.5, 0.6) is 5.75 Å². The Morgan fingerprint density at radius 1 is 1.05 bits per heavy atom. The maximum Gasteiger partial charge on any atom is 0.242 e. The molecule has 0 aliphatic heterocycles. The Morgan fingerprint density at radius 2 is 1.71 bits per heavy atom. The third kappa shape index (κ3) is 9.51. The van der Waals surface area contributed by atoms with Gasteiger partial charge in [-0.05, 0) is 55.5 Å². The van der Waals surface area contributed by atoms with Crippen LogP contribution < -0.4 is 14.4 Å². The first-order valence-corrected chi connectivity index (χ1v) is 15.2. The van der Waals surface area contributed by atoms with Gasteiger partial charge in [0, 0.05) is 31.1 Å². The molecule has 1 N–H and O–H groups in total. The van der Waals surface area contributed by atoms with Crippen molar-refractivity contribution in [3.05, 3.63) is 59.1 Å². The van der Waals surface area contributed by atoms with Gasteiger partial charge in [0.15, 0.2) is 0 Å². The molecule has 10 heteroatoms. The molecular formula is C28H40ClN3O5S. The lowest BCUT2D eigenvalue weighted by atomic mass is 10.1. The number of halogens is 1. The summed E-state index contributed by atoms with van der Waals surface area (Å²) in [5, 5.41) is 3.53. The molecule has 0 radical (unpaired) electrons. The Morgan fingerprint density at radius 3 is 2.29 bits per heavy atom. The minimum absolute atomic E-state index is 0.0738. The van der Waals surface area contributed by atoms with Gasteiger partial charge in [-0.1, -0.05) is 56.6 Å². The van der Waals surface area contributed by atoms with Crippen LogP contribution in [0.15, 0.2) is 48.5 Å². The number of sulfonamides is 1. The molecule has 38 heavy (non-hydrogen) atoms. The summed E-state index contributed by atoms with van der Waals surface area (Å²) in [6.45, 7) is 8.97. The van der Waals surface area contributed by atoms with Crippen molar-refractivity contribution in [1.29, 1.82) is 0 Å². The Hall–Kier alpha value is -2.78. The number of nitrogens with one attached hydrogen (secondary N) is 1. The van der Waals surface area contributed by atoms with Gasteiger partial charge in [0.2, 0.25) is 21.8 Å². The minimum atomic E-state index is -3.63. The number of para-hydroxylation sites is 2. The van der Waals surface area contributed by atoms with Crippen molar-refractivity contribution < 1.29 is 22.7 Å². The van der Waals surface area contributed by atoms with Crippen LogP contribution in [0.25, 0.3) is 0 Å². The highest BCUT2D eigenvalue weighted by molar-refractivity contribution is 7.92. The van der Waals surface area contributed by atoms with Crippen molar-refractivity contribution in [2.45, 2.75) is 59.5 Å². The lowest BCUT2D eigenvalue weighted by molar-refractivity contribution is -0.141. The fraction of sp³-hybridized carbons (Fsp3) is 0.500. The second-order valence-corrected chi connectivity index (χ2v) is 11.9. The van der Waals surface area contributed by atoms with E-state index in [1.807, 2.05) is 39.8 Å². The van der Waals surface area contributed by atoms with Gasteiger partial charge in [0.1, 0.15) is 11.8 Å². The molecule has 2 rings (SSSR count). The minimum Gasteiger partial charge on any atom is -0.492 e. The number of carbonyl (C=O) groups excluding carboxylic acids is 2. The Labute approximate surface area is 232 Å². The van der Waals surface area contributed by atoms with E-state index in [0.717, 1.165) is 11.8 Å². The van der Waals surface area contributed by atoms with E-state index in [2.05, 4.69) is 5.32 Å². The molecule has 0 heterocycles. The summed E-state index contributed by atoms with van der Waals surface area (Å²) in [5.74, 6) is 0.312. The van der Waals surface area contributed by atoms with E-state index in [1.54, 1.807) is 41.3 Å². The Kier molecular flexibility index (Phi) is 12.4. The fourth-order valence-electron chi connectivity index (χ4n) is 4.05. The van der Waals surface area contributed by atoms with Crippen LogP contribution in [0.3, 0.4) is 0 Å². The van der Waals surface area contributed by atoms with E-state index in [1.165, 1.54) is 4.31 Å². The molecule has 0 saturated heterocycles. The standard InChI is InChI=1S/C28H40ClN3O5S/c1-6-24(28(34)30-19-21(3)4)31(20-22-14-16-23(29)17-15-22)27(33)13-10-18-32(38(5,35)36)25-11-8-9-12-26(25)37-7-2/h8-9,11-12,14-17,21,24H,6-7,10,13,18-20H2,1-5H3,(H,30,34)/t24-/m0/s1. The van der Waals surface area contributed by atoms with Crippen LogP contribution in [0.1, 0.15) is 52.5 Å². The van der Waals surface area contributed by atoms with Crippen molar-refractivity contribution in [2.75, 3.05) is 30.3 Å². The highest BCUT2D eigenvalue weighted by Crippen LogP contribution is 2.30. The number of benzene rings is 2. The van der Waals surface area contributed by atoms with E-state index < -0.39 is 16.1 Å². The third-order valence-corrected chi connectivity index (χ3v) is 7.35. The first-order valence-electron chi connectivity index (χ1n) is 13.0. The normalized spacial score (nSPS) is 12.2. The monoisotopic (exact) mass is 565 g/mol. The first kappa shape index (κ1) is 31.4. The van der Waals surface area contributed by atoms with Crippen LogP contribution in [-0.2, 0) is 26.2 Å². The molecule has 2 aromatic rings. The molecule has 0 aromatic heterocycles. The number of rotatable bonds is 15. The summed E-state index contributed by atoms with van der Waals surface area (Å²) in [6, 6.07) is 13.4. The largest absolute Gasteiger partial charge is 0.492 e. The second kappa shape index (κ2) is 15.0. The number of ether oxygens (including phenoxy) is 1. The molecule has 0 spiro atoms. The number of nitrogens with zero attached hydrogens (tertiary/aromatic N) is 2. The zero-order valence-corrected chi connectivity index (χ0v) is 24.5. The second-order valence-electron chi connectivity index (χ2n) is 9.55. The maximum atomic E-state index is 13.5. The van der Waals surface area contributed by atoms with Crippen LogP contribution in [0, 0.1) is 5.92 Å². The quantitative estimate of drug-likeness (QED) is 0.332. The summed E-state index contributed by atoms with van der Waals surface area (Å²) in [6.07, 6.45) is 1.93. The van der Waals surface area contributed by atoms with Gasteiger partial charge in [0.25, 0.3) is 0 Å². The van der Waals surface area contributed by atoms with Gasteiger partial charge < -0.3 is 15.0 Å². The van der Waals surface area contributed by atoms with Gasteiger partial charge in [0.05, 0.1) is 18.6 Å². The smallest absolute Gasteiger partial charge is 0.242 e. The zero-order valence-electron chi connectivity index (χ0n) is 22.9.